The van der Waals surface area contributed by atoms with Crippen molar-refractivity contribution in [3.05, 3.63) is 53.5 Å². The Morgan fingerprint density at radius 3 is 2.64 bits per heavy atom. The van der Waals surface area contributed by atoms with E-state index < -0.39 is 27.8 Å². The van der Waals surface area contributed by atoms with Gasteiger partial charge in [0.05, 0.1) is 17.0 Å². The highest BCUT2D eigenvalue weighted by atomic mass is 32.2. The smallest absolute Gasteiger partial charge is 0.314 e. The highest BCUT2D eigenvalue weighted by molar-refractivity contribution is 7.92. The molecule has 0 amide bonds. The average molecular weight is 410 g/mol. The predicted molar refractivity (Wildman–Crippen MR) is 98.3 cm³/mol. The number of nitrogens with zero attached hydrogens (tertiary/aromatic N) is 4. The van der Waals surface area contributed by atoms with Gasteiger partial charge in [-0.2, -0.15) is 13.2 Å². The molecule has 0 N–H and O–H groups in total. The van der Waals surface area contributed by atoms with Crippen LogP contribution >= 0.6 is 0 Å². The van der Waals surface area contributed by atoms with Crippen LogP contribution in [0.25, 0.3) is 11.2 Å². The number of aromatic nitrogens is 3. The summed E-state index contributed by atoms with van der Waals surface area (Å²) in [5, 5.41) is 0. The first-order valence-electron chi connectivity index (χ1n) is 8.63. The fourth-order valence-corrected chi connectivity index (χ4v) is 4.90. The number of halogens is 3. The lowest BCUT2D eigenvalue weighted by Crippen LogP contribution is -2.34. The van der Waals surface area contributed by atoms with E-state index in [0.717, 1.165) is 17.8 Å². The standard InChI is InChI=1S/C18H17F3N4O2S/c1-3-28(26,27)25-14-7-5-4-6-11(14)8-15(25)17-23-13-9-12(18(19,20)21)10-22-16(13)24(17)2/h4-7,9-10,15H,3,8H2,1-2H3. The van der Waals surface area contributed by atoms with Crippen molar-refractivity contribution in [3.8, 4) is 0 Å². The van der Waals surface area contributed by atoms with Crippen molar-refractivity contribution < 1.29 is 21.6 Å². The molecule has 6 nitrogen and oxygen atoms in total. The normalized spacial score (nSPS) is 17.3. The fourth-order valence-electron chi connectivity index (χ4n) is 3.58. The molecule has 10 heteroatoms. The van der Waals surface area contributed by atoms with E-state index in [1.165, 1.54) is 4.31 Å². The number of para-hydroxylation sites is 1. The van der Waals surface area contributed by atoms with E-state index in [0.29, 0.717) is 17.9 Å². The van der Waals surface area contributed by atoms with Crippen LogP contribution in [0.2, 0.25) is 0 Å². The Morgan fingerprint density at radius 1 is 1.25 bits per heavy atom. The van der Waals surface area contributed by atoms with E-state index in [9.17, 15) is 21.6 Å². The number of hydrogen-bond acceptors (Lipinski definition) is 4. The van der Waals surface area contributed by atoms with Crippen LogP contribution in [-0.2, 0) is 29.7 Å². The number of benzene rings is 1. The van der Waals surface area contributed by atoms with Crippen LogP contribution in [0.4, 0.5) is 18.9 Å². The van der Waals surface area contributed by atoms with Crippen LogP contribution in [0, 0.1) is 0 Å². The van der Waals surface area contributed by atoms with Crippen molar-refractivity contribution in [2.75, 3.05) is 10.1 Å². The number of anilines is 1. The largest absolute Gasteiger partial charge is 0.417 e. The molecular formula is C18H17F3N4O2S. The molecule has 1 aliphatic heterocycles. The summed E-state index contributed by atoms with van der Waals surface area (Å²) in [5.74, 6) is 0.258. The second-order valence-electron chi connectivity index (χ2n) is 6.64. The van der Waals surface area contributed by atoms with Gasteiger partial charge < -0.3 is 4.57 Å². The predicted octanol–water partition coefficient (Wildman–Crippen LogP) is 3.44. The van der Waals surface area contributed by atoms with Gasteiger partial charge in [0.15, 0.2) is 5.65 Å². The zero-order valence-corrected chi connectivity index (χ0v) is 15.9. The van der Waals surface area contributed by atoms with E-state index in [-0.39, 0.29) is 16.9 Å². The number of hydrogen-bond donors (Lipinski definition) is 0. The molecule has 4 rings (SSSR count). The summed E-state index contributed by atoms with van der Waals surface area (Å²) >= 11 is 0. The molecule has 0 saturated heterocycles. The molecule has 0 fully saturated rings. The van der Waals surface area contributed by atoms with Crippen molar-refractivity contribution in [3.63, 3.8) is 0 Å². The molecule has 1 aromatic carbocycles. The Morgan fingerprint density at radius 2 is 1.96 bits per heavy atom. The Bertz CT molecular complexity index is 1170. The Kier molecular flexibility index (Phi) is 4.14. The third-order valence-corrected chi connectivity index (χ3v) is 6.74. The SMILES string of the molecule is CCS(=O)(=O)N1c2ccccc2CC1c1nc2cc(C(F)(F)F)cnc2n1C. The molecule has 1 aliphatic rings. The molecule has 148 valence electrons. The van der Waals surface area contributed by atoms with Crippen molar-refractivity contribution in [2.45, 2.75) is 25.6 Å². The van der Waals surface area contributed by atoms with Crippen LogP contribution in [0.3, 0.4) is 0 Å². The summed E-state index contributed by atoms with van der Waals surface area (Å²) in [4.78, 5) is 8.25. The Labute approximate surface area is 159 Å². The molecule has 0 bridgehead atoms. The number of aryl methyl sites for hydroxylation is 1. The van der Waals surface area contributed by atoms with Crippen LogP contribution in [0.1, 0.15) is 29.9 Å². The van der Waals surface area contributed by atoms with Crippen LogP contribution < -0.4 is 4.31 Å². The van der Waals surface area contributed by atoms with Crippen LogP contribution in [-0.4, -0.2) is 28.7 Å². The number of pyridine rings is 1. The van der Waals surface area contributed by atoms with E-state index in [2.05, 4.69) is 9.97 Å². The molecule has 1 atom stereocenters. The first-order chi connectivity index (χ1) is 13.1. The molecule has 0 aliphatic carbocycles. The lowest BCUT2D eigenvalue weighted by molar-refractivity contribution is -0.137. The molecule has 1 unspecified atom stereocenters. The summed E-state index contributed by atoms with van der Waals surface area (Å²) in [6, 6.07) is 7.44. The first-order valence-corrected chi connectivity index (χ1v) is 10.2. The minimum atomic E-state index is -4.53. The molecule has 0 radical (unpaired) electrons. The van der Waals surface area contributed by atoms with Gasteiger partial charge in [0.1, 0.15) is 17.4 Å². The van der Waals surface area contributed by atoms with Gasteiger partial charge in [0.25, 0.3) is 0 Å². The molecule has 28 heavy (non-hydrogen) atoms. The first kappa shape index (κ1) is 18.7. The lowest BCUT2D eigenvalue weighted by Gasteiger charge is -2.26. The number of rotatable bonds is 3. The van der Waals surface area contributed by atoms with E-state index >= 15 is 0 Å². The zero-order valence-electron chi connectivity index (χ0n) is 15.1. The molecule has 2 aromatic heterocycles. The van der Waals surface area contributed by atoms with Crippen molar-refractivity contribution >= 4 is 26.9 Å². The quantitative estimate of drug-likeness (QED) is 0.663. The molecule has 3 aromatic rings. The van der Waals surface area contributed by atoms with Gasteiger partial charge in [-0.3, -0.25) is 4.31 Å². The second-order valence-corrected chi connectivity index (χ2v) is 8.77. The fraction of sp³-hybridized carbons (Fsp3) is 0.333. The van der Waals surface area contributed by atoms with Gasteiger partial charge >= 0.3 is 6.18 Å². The number of alkyl halides is 3. The number of fused-ring (bicyclic) bond motifs is 2. The van der Waals surface area contributed by atoms with Crippen LogP contribution in [0.15, 0.2) is 36.5 Å². The summed E-state index contributed by atoms with van der Waals surface area (Å²) in [6.07, 6.45) is -3.38. The summed E-state index contributed by atoms with van der Waals surface area (Å²) in [7, 11) is -1.99. The summed E-state index contributed by atoms with van der Waals surface area (Å²) < 4.78 is 67.5. The molecular weight excluding hydrogens is 393 g/mol. The van der Waals surface area contributed by atoms with Gasteiger partial charge in [0, 0.05) is 19.7 Å². The van der Waals surface area contributed by atoms with Crippen LogP contribution in [0.5, 0.6) is 0 Å². The number of sulfonamides is 1. The zero-order chi connectivity index (χ0) is 20.3. The lowest BCUT2D eigenvalue weighted by atomic mass is 10.1. The molecule has 3 heterocycles. The van der Waals surface area contributed by atoms with Crippen molar-refractivity contribution in [2.24, 2.45) is 7.05 Å². The van der Waals surface area contributed by atoms with Gasteiger partial charge in [-0.05, 0) is 24.6 Å². The molecule has 0 spiro atoms. The van der Waals surface area contributed by atoms with Gasteiger partial charge in [0.2, 0.25) is 10.0 Å². The highest BCUT2D eigenvalue weighted by Crippen LogP contribution is 2.42. The summed E-state index contributed by atoms with van der Waals surface area (Å²) in [5.41, 5.74) is 0.883. The Balaban J connectivity index is 1.88. The minimum Gasteiger partial charge on any atom is -0.314 e. The van der Waals surface area contributed by atoms with E-state index in [4.69, 9.17) is 0 Å². The Hall–Kier alpha value is -2.62. The third-order valence-electron chi connectivity index (χ3n) is 4.96. The van der Waals surface area contributed by atoms with Crippen molar-refractivity contribution in [1.29, 1.82) is 0 Å². The topological polar surface area (TPSA) is 68.1 Å². The summed E-state index contributed by atoms with van der Waals surface area (Å²) in [6.45, 7) is 1.55. The number of imidazole rings is 1. The third kappa shape index (κ3) is 2.83. The molecule has 0 saturated carbocycles. The van der Waals surface area contributed by atoms with E-state index in [1.54, 1.807) is 30.7 Å². The minimum absolute atomic E-state index is 0.0807. The maximum absolute atomic E-state index is 13.0. The maximum atomic E-state index is 13.0. The van der Waals surface area contributed by atoms with Gasteiger partial charge in [-0.25, -0.2) is 18.4 Å². The van der Waals surface area contributed by atoms with Gasteiger partial charge in [-0.15, -0.1) is 0 Å². The monoisotopic (exact) mass is 410 g/mol. The maximum Gasteiger partial charge on any atom is 0.417 e. The van der Waals surface area contributed by atoms with E-state index in [1.807, 2.05) is 12.1 Å². The van der Waals surface area contributed by atoms with Crippen molar-refractivity contribution in [1.82, 2.24) is 14.5 Å². The highest BCUT2D eigenvalue weighted by Gasteiger charge is 2.40. The second kappa shape index (κ2) is 6.20. The van der Waals surface area contributed by atoms with Gasteiger partial charge in [-0.1, -0.05) is 18.2 Å². The average Bonchev–Trinajstić information content (AvgIpc) is 3.19.